The SMILES string of the molecule is Cc1ccc(Sc2ccc(-c3cccs3)cc2C=O)cc1. The molecule has 3 heteroatoms. The van der Waals surface area contributed by atoms with Gasteiger partial charge in [0.2, 0.25) is 0 Å². The Bertz CT molecular complexity index is 743. The third-order valence-electron chi connectivity index (χ3n) is 3.19. The number of aryl methyl sites for hydroxylation is 1. The molecule has 0 N–H and O–H groups in total. The Morgan fingerprint density at radius 1 is 1.05 bits per heavy atom. The zero-order chi connectivity index (χ0) is 14.7. The van der Waals surface area contributed by atoms with E-state index in [0.717, 1.165) is 27.2 Å². The molecule has 0 bridgehead atoms. The van der Waals surface area contributed by atoms with Crippen LogP contribution in [0.15, 0.2) is 69.8 Å². The topological polar surface area (TPSA) is 17.1 Å². The minimum absolute atomic E-state index is 0.742. The van der Waals surface area contributed by atoms with E-state index >= 15 is 0 Å². The number of thiophene rings is 1. The second kappa shape index (κ2) is 6.29. The minimum atomic E-state index is 0.742. The smallest absolute Gasteiger partial charge is 0.151 e. The number of rotatable bonds is 4. The molecule has 0 saturated heterocycles. The fourth-order valence-corrected chi connectivity index (χ4v) is 3.67. The lowest BCUT2D eigenvalue weighted by atomic mass is 10.1. The molecule has 3 rings (SSSR count). The van der Waals surface area contributed by atoms with E-state index in [9.17, 15) is 4.79 Å². The van der Waals surface area contributed by atoms with Crippen molar-refractivity contribution in [1.82, 2.24) is 0 Å². The van der Waals surface area contributed by atoms with Crippen molar-refractivity contribution in [2.24, 2.45) is 0 Å². The summed E-state index contributed by atoms with van der Waals surface area (Å²) in [5.74, 6) is 0. The maximum atomic E-state index is 11.4. The molecule has 1 aromatic heterocycles. The van der Waals surface area contributed by atoms with Gasteiger partial charge in [-0.1, -0.05) is 41.6 Å². The summed E-state index contributed by atoms with van der Waals surface area (Å²) in [4.78, 5) is 14.7. The highest BCUT2D eigenvalue weighted by Gasteiger charge is 2.07. The van der Waals surface area contributed by atoms with E-state index in [0.29, 0.717) is 0 Å². The molecule has 0 aliphatic heterocycles. The Morgan fingerprint density at radius 2 is 1.86 bits per heavy atom. The van der Waals surface area contributed by atoms with Gasteiger partial charge in [0.05, 0.1) is 0 Å². The standard InChI is InChI=1S/C18H14OS2/c1-13-4-7-16(8-5-13)21-18-9-6-14(11-15(18)12-19)17-3-2-10-20-17/h2-12H,1H3. The van der Waals surface area contributed by atoms with Gasteiger partial charge in [0.25, 0.3) is 0 Å². The highest BCUT2D eigenvalue weighted by Crippen LogP contribution is 2.33. The number of benzene rings is 2. The molecular formula is C18H14OS2. The van der Waals surface area contributed by atoms with Crippen LogP contribution in [-0.2, 0) is 0 Å². The van der Waals surface area contributed by atoms with Crippen LogP contribution in [-0.4, -0.2) is 6.29 Å². The van der Waals surface area contributed by atoms with Crippen molar-refractivity contribution in [2.75, 3.05) is 0 Å². The van der Waals surface area contributed by atoms with Crippen LogP contribution in [0.3, 0.4) is 0 Å². The van der Waals surface area contributed by atoms with Crippen molar-refractivity contribution < 1.29 is 4.79 Å². The predicted molar refractivity (Wildman–Crippen MR) is 90.4 cm³/mol. The van der Waals surface area contributed by atoms with Crippen LogP contribution in [0.5, 0.6) is 0 Å². The van der Waals surface area contributed by atoms with Crippen LogP contribution in [0.25, 0.3) is 10.4 Å². The molecule has 0 aliphatic carbocycles. The Kier molecular flexibility index (Phi) is 4.23. The molecule has 3 aromatic rings. The van der Waals surface area contributed by atoms with Gasteiger partial charge < -0.3 is 0 Å². The average Bonchev–Trinajstić information content (AvgIpc) is 3.04. The largest absolute Gasteiger partial charge is 0.298 e. The first-order valence-corrected chi connectivity index (χ1v) is 8.33. The third-order valence-corrected chi connectivity index (χ3v) is 5.21. The fraction of sp³-hybridized carbons (Fsp3) is 0.0556. The van der Waals surface area contributed by atoms with Gasteiger partial charge in [-0.3, -0.25) is 4.79 Å². The first-order chi connectivity index (χ1) is 10.3. The molecule has 0 radical (unpaired) electrons. The molecule has 21 heavy (non-hydrogen) atoms. The highest BCUT2D eigenvalue weighted by molar-refractivity contribution is 7.99. The van der Waals surface area contributed by atoms with Crippen LogP contribution in [0, 0.1) is 6.92 Å². The molecule has 0 aliphatic rings. The summed E-state index contributed by atoms with van der Waals surface area (Å²) >= 11 is 3.31. The van der Waals surface area contributed by atoms with E-state index < -0.39 is 0 Å². The Labute approximate surface area is 132 Å². The van der Waals surface area contributed by atoms with E-state index in [1.807, 2.05) is 23.6 Å². The maximum absolute atomic E-state index is 11.4. The lowest BCUT2D eigenvalue weighted by Gasteiger charge is -2.07. The first kappa shape index (κ1) is 14.1. The van der Waals surface area contributed by atoms with E-state index in [-0.39, 0.29) is 0 Å². The van der Waals surface area contributed by atoms with Crippen molar-refractivity contribution in [3.05, 3.63) is 71.1 Å². The van der Waals surface area contributed by atoms with E-state index in [1.54, 1.807) is 23.1 Å². The van der Waals surface area contributed by atoms with Crippen molar-refractivity contribution in [3.8, 4) is 10.4 Å². The van der Waals surface area contributed by atoms with Crippen LogP contribution >= 0.6 is 23.1 Å². The number of carbonyl (C=O) groups is 1. The summed E-state index contributed by atoms with van der Waals surface area (Å²) in [5.41, 5.74) is 3.08. The molecule has 0 fully saturated rings. The molecule has 0 atom stereocenters. The Morgan fingerprint density at radius 3 is 2.52 bits per heavy atom. The van der Waals surface area contributed by atoms with Gasteiger partial charge in [-0.2, -0.15) is 0 Å². The van der Waals surface area contributed by atoms with E-state index in [1.165, 1.54) is 10.4 Å². The predicted octanol–water partition coefficient (Wildman–Crippen LogP) is 5.69. The highest BCUT2D eigenvalue weighted by atomic mass is 32.2. The van der Waals surface area contributed by atoms with Gasteiger partial charge >= 0.3 is 0 Å². The summed E-state index contributed by atoms with van der Waals surface area (Å²) in [6, 6.07) is 18.5. The summed E-state index contributed by atoms with van der Waals surface area (Å²) < 4.78 is 0. The lowest BCUT2D eigenvalue weighted by Crippen LogP contribution is -1.87. The number of hydrogen-bond acceptors (Lipinski definition) is 3. The van der Waals surface area contributed by atoms with Crippen LogP contribution in [0.1, 0.15) is 15.9 Å². The second-order valence-electron chi connectivity index (χ2n) is 4.76. The van der Waals surface area contributed by atoms with Crippen LogP contribution in [0.2, 0.25) is 0 Å². The van der Waals surface area contributed by atoms with Crippen molar-refractivity contribution in [2.45, 2.75) is 16.7 Å². The normalized spacial score (nSPS) is 10.5. The number of hydrogen-bond donors (Lipinski definition) is 0. The van der Waals surface area contributed by atoms with Crippen molar-refractivity contribution in [3.63, 3.8) is 0 Å². The Hall–Kier alpha value is -1.84. The molecule has 1 heterocycles. The van der Waals surface area contributed by atoms with Gasteiger partial charge in [0.1, 0.15) is 0 Å². The fourth-order valence-electron chi connectivity index (χ4n) is 2.06. The minimum Gasteiger partial charge on any atom is -0.298 e. The Balaban J connectivity index is 1.92. The second-order valence-corrected chi connectivity index (χ2v) is 6.83. The molecule has 0 spiro atoms. The third kappa shape index (κ3) is 3.26. The molecule has 1 nitrogen and oxygen atoms in total. The zero-order valence-electron chi connectivity index (χ0n) is 11.6. The van der Waals surface area contributed by atoms with Crippen LogP contribution < -0.4 is 0 Å². The summed E-state index contributed by atoms with van der Waals surface area (Å²) in [5, 5.41) is 2.05. The van der Waals surface area contributed by atoms with Gasteiger partial charge in [0.15, 0.2) is 6.29 Å². The van der Waals surface area contributed by atoms with E-state index in [2.05, 4.69) is 43.3 Å². The van der Waals surface area contributed by atoms with Gasteiger partial charge in [0, 0.05) is 20.2 Å². The summed E-state index contributed by atoms with van der Waals surface area (Å²) in [6.45, 7) is 2.07. The zero-order valence-corrected chi connectivity index (χ0v) is 13.2. The van der Waals surface area contributed by atoms with Crippen molar-refractivity contribution in [1.29, 1.82) is 0 Å². The molecule has 0 amide bonds. The quantitative estimate of drug-likeness (QED) is 0.576. The first-order valence-electron chi connectivity index (χ1n) is 6.64. The van der Waals surface area contributed by atoms with Gasteiger partial charge in [-0.05, 0) is 48.2 Å². The van der Waals surface area contributed by atoms with Crippen LogP contribution in [0.4, 0.5) is 0 Å². The monoisotopic (exact) mass is 310 g/mol. The van der Waals surface area contributed by atoms with Gasteiger partial charge in [-0.15, -0.1) is 11.3 Å². The molecular weight excluding hydrogens is 296 g/mol. The average molecular weight is 310 g/mol. The molecule has 2 aromatic carbocycles. The van der Waals surface area contributed by atoms with Gasteiger partial charge in [-0.25, -0.2) is 0 Å². The summed E-state index contributed by atoms with van der Waals surface area (Å²) in [6.07, 6.45) is 0.938. The molecule has 0 unspecified atom stereocenters. The maximum Gasteiger partial charge on any atom is 0.151 e. The number of aldehydes is 1. The molecule has 104 valence electrons. The lowest BCUT2D eigenvalue weighted by molar-refractivity contribution is 0.112. The van der Waals surface area contributed by atoms with E-state index in [4.69, 9.17) is 0 Å². The molecule has 0 saturated carbocycles. The van der Waals surface area contributed by atoms with Crippen molar-refractivity contribution >= 4 is 29.4 Å². The summed E-state index contributed by atoms with van der Waals surface area (Å²) in [7, 11) is 0. The number of carbonyl (C=O) groups excluding carboxylic acids is 1.